The summed E-state index contributed by atoms with van der Waals surface area (Å²) in [5.74, 6) is -0.344. The van der Waals surface area contributed by atoms with Crippen LogP contribution in [0, 0.1) is 6.92 Å². The Morgan fingerprint density at radius 3 is 2.53 bits per heavy atom. The van der Waals surface area contributed by atoms with Crippen molar-refractivity contribution in [2.75, 3.05) is 38.5 Å². The molecule has 10 heteroatoms. The first-order valence-electron chi connectivity index (χ1n) is 10.6. The van der Waals surface area contributed by atoms with Crippen LogP contribution in [0.5, 0.6) is 0 Å². The molecule has 1 saturated heterocycles. The number of pyridine rings is 1. The number of hydrogen-bond acceptors (Lipinski definition) is 6. The van der Waals surface area contributed by atoms with Gasteiger partial charge in [0.1, 0.15) is 0 Å². The maximum absolute atomic E-state index is 13.0. The normalized spacial score (nSPS) is 16.0. The first kappa shape index (κ1) is 22.4. The molecule has 2 aromatic heterocycles. The van der Waals surface area contributed by atoms with Crippen LogP contribution in [0.2, 0.25) is 0 Å². The Bertz CT molecular complexity index is 1260. The summed E-state index contributed by atoms with van der Waals surface area (Å²) in [5.41, 5.74) is 2.16. The molecule has 4 rings (SSSR count). The molecule has 1 aliphatic rings. The van der Waals surface area contributed by atoms with E-state index in [1.54, 1.807) is 37.4 Å². The maximum Gasteiger partial charge on any atom is 0.257 e. The minimum absolute atomic E-state index is 0.157. The van der Waals surface area contributed by atoms with Gasteiger partial charge in [0, 0.05) is 43.3 Å². The van der Waals surface area contributed by atoms with Crippen LogP contribution in [0.25, 0.3) is 11.0 Å². The van der Waals surface area contributed by atoms with E-state index in [0.717, 1.165) is 11.0 Å². The average molecular weight is 457 g/mol. The van der Waals surface area contributed by atoms with Gasteiger partial charge in [-0.3, -0.25) is 4.79 Å². The standard InChI is InChI=1S/C22H28N6O3S/c1-15(2)28-21-17(14-23-28)12-20(16(3)24-21)22(29)25-18-6-5-7-19(13-18)32(30,31)27-10-8-26(4)9-11-27/h5-7,12-15H,8-11H2,1-4H3,(H,25,29). The molecule has 0 atom stereocenters. The number of nitrogens with one attached hydrogen (secondary N) is 1. The second-order valence-electron chi connectivity index (χ2n) is 8.41. The summed E-state index contributed by atoms with van der Waals surface area (Å²) in [7, 11) is -1.64. The molecular weight excluding hydrogens is 428 g/mol. The number of aromatic nitrogens is 3. The van der Waals surface area contributed by atoms with Crippen molar-refractivity contribution >= 4 is 32.7 Å². The minimum atomic E-state index is -3.62. The van der Waals surface area contributed by atoms with Gasteiger partial charge in [-0.05, 0) is 52.1 Å². The van der Waals surface area contributed by atoms with Crippen LogP contribution < -0.4 is 5.32 Å². The van der Waals surface area contributed by atoms with E-state index in [1.807, 2.05) is 25.6 Å². The quantitative estimate of drug-likeness (QED) is 0.633. The predicted octanol–water partition coefficient (Wildman–Crippen LogP) is 2.51. The van der Waals surface area contributed by atoms with Crippen molar-refractivity contribution in [2.24, 2.45) is 0 Å². The highest BCUT2D eigenvalue weighted by molar-refractivity contribution is 7.89. The Morgan fingerprint density at radius 1 is 1.12 bits per heavy atom. The number of likely N-dealkylation sites (N-methyl/N-ethyl adjacent to an activating group) is 1. The fraction of sp³-hybridized carbons (Fsp3) is 0.409. The van der Waals surface area contributed by atoms with Gasteiger partial charge in [0.25, 0.3) is 5.91 Å². The van der Waals surface area contributed by atoms with Crippen LogP contribution in [0.1, 0.15) is 35.9 Å². The third kappa shape index (κ3) is 4.25. The first-order valence-corrected chi connectivity index (χ1v) is 12.1. The molecule has 1 N–H and O–H groups in total. The molecule has 9 nitrogen and oxygen atoms in total. The van der Waals surface area contributed by atoms with Crippen molar-refractivity contribution in [3.05, 3.63) is 47.8 Å². The fourth-order valence-corrected chi connectivity index (χ4v) is 5.25. The van der Waals surface area contributed by atoms with E-state index in [2.05, 4.69) is 20.3 Å². The molecular formula is C22H28N6O3S. The molecule has 0 radical (unpaired) electrons. The number of benzene rings is 1. The highest BCUT2D eigenvalue weighted by Crippen LogP contribution is 2.23. The van der Waals surface area contributed by atoms with Gasteiger partial charge in [-0.1, -0.05) is 6.07 Å². The second kappa shape index (κ2) is 8.61. The van der Waals surface area contributed by atoms with Gasteiger partial charge in [-0.2, -0.15) is 9.40 Å². The molecule has 1 fully saturated rings. The van der Waals surface area contributed by atoms with Crippen LogP contribution in [0.15, 0.2) is 41.4 Å². The van der Waals surface area contributed by atoms with E-state index in [1.165, 1.54) is 10.4 Å². The zero-order valence-electron chi connectivity index (χ0n) is 18.7. The topological polar surface area (TPSA) is 100 Å². The molecule has 0 spiro atoms. The molecule has 1 aromatic carbocycles. The lowest BCUT2D eigenvalue weighted by atomic mass is 10.1. The van der Waals surface area contributed by atoms with Gasteiger partial charge in [-0.25, -0.2) is 18.1 Å². The van der Waals surface area contributed by atoms with E-state index in [0.29, 0.717) is 43.1 Å². The molecule has 0 bridgehead atoms. The number of piperazine rings is 1. The summed E-state index contributed by atoms with van der Waals surface area (Å²) in [4.78, 5) is 19.8. The van der Waals surface area contributed by atoms with Crippen LogP contribution in [-0.2, 0) is 10.0 Å². The van der Waals surface area contributed by atoms with E-state index in [4.69, 9.17) is 0 Å². The van der Waals surface area contributed by atoms with E-state index >= 15 is 0 Å². The Kier molecular flexibility index (Phi) is 6.02. The smallest absolute Gasteiger partial charge is 0.257 e. The predicted molar refractivity (Wildman–Crippen MR) is 123 cm³/mol. The largest absolute Gasteiger partial charge is 0.322 e. The number of aryl methyl sites for hydroxylation is 1. The lowest BCUT2D eigenvalue weighted by Gasteiger charge is -2.31. The van der Waals surface area contributed by atoms with Crippen molar-refractivity contribution in [1.29, 1.82) is 0 Å². The fourth-order valence-electron chi connectivity index (χ4n) is 3.78. The van der Waals surface area contributed by atoms with Crippen molar-refractivity contribution in [2.45, 2.75) is 31.7 Å². The zero-order valence-corrected chi connectivity index (χ0v) is 19.6. The third-order valence-electron chi connectivity index (χ3n) is 5.69. The van der Waals surface area contributed by atoms with Gasteiger partial charge in [0.15, 0.2) is 5.65 Å². The van der Waals surface area contributed by atoms with Gasteiger partial charge in [0.05, 0.1) is 22.3 Å². The summed E-state index contributed by atoms with van der Waals surface area (Å²) >= 11 is 0. The van der Waals surface area contributed by atoms with Gasteiger partial charge >= 0.3 is 0 Å². The van der Waals surface area contributed by atoms with Crippen molar-refractivity contribution in [3.8, 4) is 0 Å². The average Bonchev–Trinajstić information content (AvgIpc) is 3.16. The molecule has 0 unspecified atom stereocenters. The highest BCUT2D eigenvalue weighted by Gasteiger charge is 2.27. The second-order valence-corrected chi connectivity index (χ2v) is 10.3. The Hall–Kier alpha value is -2.82. The number of carbonyl (C=O) groups is 1. The maximum atomic E-state index is 13.0. The first-order chi connectivity index (χ1) is 15.2. The highest BCUT2D eigenvalue weighted by atomic mass is 32.2. The minimum Gasteiger partial charge on any atom is -0.322 e. The molecule has 0 saturated carbocycles. The Labute approximate surface area is 188 Å². The Balaban J connectivity index is 1.57. The van der Waals surface area contributed by atoms with Gasteiger partial charge < -0.3 is 10.2 Å². The number of carbonyl (C=O) groups excluding carboxylic acids is 1. The lowest BCUT2D eigenvalue weighted by Crippen LogP contribution is -2.47. The van der Waals surface area contributed by atoms with Crippen molar-refractivity contribution in [1.82, 2.24) is 24.0 Å². The number of sulfonamides is 1. The summed E-state index contributed by atoms with van der Waals surface area (Å²) < 4.78 is 29.4. The monoisotopic (exact) mass is 456 g/mol. The molecule has 32 heavy (non-hydrogen) atoms. The van der Waals surface area contributed by atoms with E-state index in [9.17, 15) is 13.2 Å². The summed E-state index contributed by atoms with van der Waals surface area (Å²) in [5, 5.41) is 7.95. The summed E-state index contributed by atoms with van der Waals surface area (Å²) in [6, 6.07) is 8.30. The van der Waals surface area contributed by atoms with Crippen LogP contribution in [-0.4, -0.2) is 71.5 Å². The molecule has 0 aliphatic carbocycles. The molecule has 170 valence electrons. The van der Waals surface area contributed by atoms with Crippen molar-refractivity contribution < 1.29 is 13.2 Å². The van der Waals surface area contributed by atoms with E-state index < -0.39 is 10.0 Å². The SMILES string of the molecule is Cc1nc2c(cnn2C(C)C)cc1C(=O)Nc1cccc(S(=O)(=O)N2CCN(C)CC2)c1. The van der Waals surface area contributed by atoms with Gasteiger partial charge in [0.2, 0.25) is 10.0 Å². The zero-order chi connectivity index (χ0) is 23.0. The third-order valence-corrected chi connectivity index (χ3v) is 7.58. The van der Waals surface area contributed by atoms with Crippen molar-refractivity contribution in [3.63, 3.8) is 0 Å². The molecule has 1 aliphatic heterocycles. The number of rotatable bonds is 5. The lowest BCUT2D eigenvalue weighted by molar-refractivity contribution is 0.102. The van der Waals surface area contributed by atoms with Crippen LogP contribution in [0.4, 0.5) is 5.69 Å². The van der Waals surface area contributed by atoms with Crippen LogP contribution >= 0.6 is 0 Å². The Morgan fingerprint density at radius 2 is 1.84 bits per heavy atom. The van der Waals surface area contributed by atoms with Gasteiger partial charge in [-0.15, -0.1) is 0 Å². The number of amides is 1. The molecule has 1 amide bonds. The summed E-state index contributed by atoms with van der Waals surface area (Å²) in [6.45, 7) is 8.10. The number of hydrogen-bond donors (Lipinski definition) is 1. The number of fused-ring (bicyclic) bond motifs is 1. The molecule has 3 aromatic rings. The summed E-state index contributed by atoms with van der Waals surface area (Å²) in [6.07, 6.45) is 1.70. The number of nitrogens with zero attached hydrogens (tertiary/aromatic N) is 5. The molecule has 3 heterocycles. The van der Waals surface area contributed by atoms with Crippen LogP contribution in [0.3, 0.4) is 0 Å². The number of anilines is 1. The van der Waals surface area contributed by atoms with E-state index in [-0.39, 0.29) is 16.8 Å².